The largest absolute Gasteiger partial charge is 0.359 e. The quantitative estimate of drug-likeness (QED) is 0.527. The monoisotopic (exact) mass is 387 g/mol. The molecule has 0 aliphatic carbocycles. The van der Waals surface area contributed by atoms with Crippen molar-refractivity contribution in [1.82, 2.24) is 19.6 Å². The van der Waals surface area contributed by atoms with Crippen LogP contribution in [0.3, 0.4) is 0 Å². The van der Waals surface area contributed by atoms with Crippen LogP contribution in [-0.2, 0) is 0 Å². The number of aromatic nitrogens is 4. The molecule has 0 bridgehead atoms. The molecule has 26 heavy (non-hydrogen) atoms. The van der Waals surface area contributed by atoms with Gasteiger partial charge in [-0.2, -0.15) is 0 Å². The van der Waals surface area contributed by atoms with Crippen LogP contribution in [0.1, 0.15) is 13.8 Å². The van der Waals surface area contributed by atoms with E-state index in [1.165, 1.54) is 6.07 Å². The van der Waals surface area contributed by atoms with Crippen LogP contribution in [0.15, 0.2) is 43.0 Å². The highest BCUT2D eigenvalue weighted by atomic mass is 35.5. The van der Waals surface area contributed by atoms with Crippen molar-refractivity contribution in [3.63, 3.8) is 0 Å². The summed E-state index contributed by atoms with van der Waals surface area (Å²) in [6.45, 7) is 4.14. The van der Waals surface area contributed by atoms with Crippen molar-refractivity contribution in [2.75, 3.05) is 5.32 Å². The Labute approximate surface area is 158 Å². The fraction of sp³-hybridized carbons (Fsp3) is 0.167. The molecule has 4 rings (SSSR count). The van der Waals surface area contributed by atoms with Crippen LogP contribution in [0, 0.1) is 5.82 Å². The Kier molecular flexibility index (Phi) is 4.34. The summed E-state index contributed by atoms with van der Waals surface area (Å²) in [6.07, 6.45) is 5.43. The molecular weight excluding hydrogens is 373 g/mol. The van der Waals surface area contributed by atoms with Gasteiger partial charge in [-0.3, -0.25) is 4.40 Å². The second-order valence-electron chi connectivity index (χ2n) is 6.16. The molecule has 1 aromatic carbocycles. The highest BCUT2D eigenvalue weighted by Crippen LogP contribution is 2.34. The van der Waals surface area contributed by atoms with E-state index in [1.54, 1.807) is 29.8 Å². The summed E-state index contributed by atoms with van der Waals surface area (Å²) in [5.41, 5.74) is 3.26. The second kappa shape index (κ2) is 6.66. The van der Waals surface area contributed by atoms with Crippen molar-refractivity contribution in [1.29, 1.82) is 0 Å². The maximum Gasteiger partial charge on any atom is 0.183 e. The lowest BCUT2D eigenvalue weighted by Crippen LogP contribution is -2.08. The molecule has 8 heteroatoms. The number of hydrogen-bond donors (Lipinski definition) is 1. The number of pyridine rings is 1. The first kappa shape index (κ1) is 16.9. The van der Waals surface area contributed by atoms with Crippen molar-refractivity contribution in [2.45, 2.75) is 19.9 Å². The van der Waals surface area contributed by atoms with Gasteiger partial charge in [-0.1, -0.05) is 29.0 Å². The summed E-state index contributed by atoms with van der Waals surface area (Å²) in [7, 11) is 0. The lowest BCUT2D eigenvalue weighted by Gasteiger charge is -2.08. The minimum absolute atomic E-state index is 0.0757. The number of anilines is 1. The van der Waals surface area contributed by atoms with Gasteiger partial charge in [-0.05, 0) is 37.6 Å². The third-order valence-electron chi connectivity index (χ3n) is 3.82. The molecule has 0 saturated carbocycles. The van der Waals surface area contributed by atoms with E-state index in [0.29, 0.717) is 11.7 Å². The summed E-state index contributed by atoms with van der Waals surface area (Å²) in [4.78, 5) is 5.44. The van der Waals surface area contributed by atoms with Gasteiger partial charge in [0.05, 0.1) is 9.90 Å². The number of fused-ring (bicyclic) bond motifs is 1. The molecule has 0 aliphatic rings. The molecule has 4 aromatic rings. The standard InChI is InChI=1S/C18H15ClFN5S/c1-10(2)23-18-21-7-16(26-18)12-5-13(17-24-22-9-25(17)8-12)11-3-4-15(20)14(19)6-11/h3-10H,1-2H3,(H,21,23). The third kappa shape index (κ3) is 3.15. The topological polar surface area (TPSA) is 55.1 Å². The Morgan fingerprint density at radius 1 is 1.23 bits per heavy atom. The Morgan fingerprint density at radius 3 is 2.85 bits per heavy atom. The number of halogens is 2. The first-order valence-electron chi connectivity index (χ1n) is 8.03. The SMILES string of the molecule is CC(C)Nc1ncc(-c2cc(-c3ccc(F)c(Cl)c3)c3nncn3c2)s1. The molecule has 0 radical (unpaired) electrons. The van der Waals surface area contributed by atoms with Crippen LogP contribution in [0.5, 0.6) is 0 Å². The number of hydrogen-bond acceptors (Lipinski definition) is 5. The molecular formula is C18H15ClFN5S. The van der Waals surface area contributed by atoms with Gasteiger partial charge in [-0.15, -0.1) is 10.2 Å². The zero-order chi connectivity index (χ0) is 18.3. The van der Waals surface area contributed by atoms with Crippen molar-refractivity contribution in [3.8, 4) is 21.6 Å². The number of rotatable bonds is 4. The molecule has 3 aromatic heterocycles. The first-order chi connectivity index (χ1) is 12.5. The number of benzene rings is 1. The molecule has 5 nitrogen and oxygen atoms in total. The minimum atomic E-state index is -0.448. The van der Waals surface area contributed by atoms with Crippen LogP contribution in [-0.4, -0.2) is 25.6 Å². The second-order valence-corrected chi connectivity index (χ2v) is 7.60. The Balaban J connectivity index is 1.84. The van der Waals surface area contributed by atoms with Crippen LogP contribution in [0.4, 0.5) is 9.52 Å². The highest BCUT2D eigenvalue weighted by molar-refractivity contribution is 7.18. The van der Waals surface area contributed by atoms with E-state index in [9.17, 15) is 4.39 Å². The fourth-order valence-electron chi connectivity index (χ4n) is 2.67. The van der Waals surface area contributed by atoms with Gasteiger partial charge < -0.3 is 5.32 Å². The van der Waals surface area contributed by atoms with Crippen molar-refractivity contribution >= 4 is 33.7 Å². The van der Waals surface area contributed by atoms with E-state index in [2.05, 4.69) is 34.3 Å². The molecule has 0 unspecified atom stereocenters. The average molecular weight is 388 g/mol. The lowest BCUT2D eigenvalue weighted by atomic mass is 10.0. The van der Waals surface area contributed by atoms with Crippen molar-refractivity contribution in [3.05, 3.63) is 53.8 Å². The van der Waals surface area contributed by atoms with Gasteiger partial charge >= 0.3 is 0 Å². The Morgan fingerprint density at radius 2 is 2.08 bits per heavy atom. The smallest absolute Gasteiger partial charge is 0.183 e. The maximum atomic E-state index is 13.5. The van der Waals surface area contributed by atoms with E-state index < -0.39 is 5.82 Å². The molecule has 3 heterocycles. The normalized spacial score (nSPS) is 11.4. The summed E-state index contributed by atoms with van der Waals surface area (Å²) >= 11 is 7.54. The molecule has 0 saturated heterocycles. The summed E-state index contributed by atoms with van der Waals surface area (Å²) in [5, 5.41) is 12.4. The van der Waals surface area contributed by atoms with Gasteiger partial charge in [0.1, 0.15) is 12.1 Å². The Hall–Kier alpha value is -2.51. The van der Waals surface area contributed by atoms with E-state index in [-0.39, 0.29) is 5.02 Å². The maximum absolute atomic E-state index is 13.5. The van der Waals surface area contributed by atoms with Gasteiger partial charge in [0, 0.05) is 29.6 Å². The zero-order valence-corrected chi connectivity index (χ0v) is 15.6. The third-order valence-corrected chi connectivity index (χ3v) is 5.09. The van der Waals surface area contributed by atoms with Crippen molar-refractivity contribution in [2.24, 2.45) is 0 Å². The predicted molar refractivity (Wildman–Crippen MR) is 103 cm³/mol. The van der Waals surface area contributed by atoms with Crippen molar-refractivity contribution < 1.29 is 4.39 Å². The summed E-state index contributed by atoms with van der Waals surface area (Å²) < 4.78 is 15.4. The number of thiazole rings is 1. The summed E-state index contributed by atoms with van der Waals surface area (Å²) in [6, 6.07) is 6.96. The van der Waals surface area contributed by atoms with E-state index >= 15 is 0 Å². The van der Waals surface area contributed by atoms with Crippen LogP contribution < -0.4 is 5.32 Å². The first-order valence-corrected chi connectivity index (χ1v) is 9.22. The fourth-order valence-corrected chi connectivity index (χ4v) is 3.79. The van der Waals surface area contributed by atoms with E-state index in [1.807, 2.05) is 22.9 Å². The minimum Gasteiger partial charge on any atom is -0.359 e. The lowest BCUT2D eigenvalue weighted by molar-refractivity contribution is 0.628. The van der Waals surface area contributed by atoms with Crippen LogP contribution >= 0.6 is 22.9 Å². The van der Waals surface area contributed by atoms with Crippen LogP contribution in [0.2, 0.25) is 5.02 Å². The van der Waals surface area contributed by atoms with Gasteiger partial charge in [0.15, 0.2) is 10.8 Å². The molecule has 0 fully saturated rings. The van der Waals surface area contributed by atoms with Gasteiger partial charge in [-0.25, -0.2) is 9.37 Å². The molecule has 0 spiro atoms. The predicted octanol–water partition coefficient (Wildman–Crippen LogP) is 5.13. The highest BCUT2D eigenvalue weighted by Gasteiger charge is 2.13. The molecule has 0 amide bonds. The number of nitrogens with zero attached hydrogens (tertiary/aromatic N) is 4. The van der Waals surface area contributed by atoms with E-state index in [0.717, 1.165) is 26.7 Å². The van der Waals surface area contributed by atoms with Gasteiger partial charge in [0.25, 0.3) is 0 Å². The van der Waals surface area contributed by atoms with E-state index in [4.69, 9.17) is 11.6 Å². The molecule has 132 valence electrons. The van der Waals surface area contributed by atoms with Gasteiger partial charge in [0.2, 0.25) is 0 Å². The molecule has 0 atom stereocenters. The summed E-state index contributed by atoms with van der Waals surface area (Å²) in [5.74, 6) is -0.448. The number of nitrogens with one attached hydrogen (secondary N) is 1. The molecule has 0 aliphatic heterocycles. The molecule has 1 N–H and O–H groups in total. The van der Waals surface area contributed by atoms with Crippen LogP contribution in [0.25, 0.3) is 27.2 Å². The zero-order valence-electron chi connectivity index (χ0n) is 14.1. The Bertz CT molecular complexity index is 1090. The average Bonchev–Trinajstić information content (AvgIpc) is 3.25.